The SMILES string of the molecule is Cc1ccc(C(C)(C)c2ccc(OCc3nc(C4CC5(COC5)C4)ncc3Cl)cc2)cc1. The van der Waals surface area contributed by atoms with Crippen LogP contribution in [0.15, 0.2) is 54.7 Å². The summed E-state index contributed by atoms with van der Waals surface area (Å²) >= 11 is 6.36. The summed E-state index contributed by atoms with van der Waals surface area (Å²) in [5, 5.41) is 0.548. The van der Waals surface area contributed by atoms with Crippen molar-refractivity contribution in [2.24, 2.45) is 5.41 Å². The molecule has 2 aliphatic rings. The van der Waals surface area contributed by atoms with Gasteiger partial charge < -0.3 is 9.47 Å². The van der Waals surface area contributed by atoms with Crippen LogP contribution in [0, 0.1) is 12.3 Å². The van der Waals surface area contributed by atoms with Gasteiger partial charge in [0.1, 0.15) is 23.9 Å². The van der Waals surface area contributed by atoms with Gasteiger partial charge in [-0.15, -0.1) is 0 Å². The van der Waals surface area contributed by atoms with Gasteiger partial charge in [0, 0.05) is 22.9 Å². The molecular weight excluding hydrogens is 420 g/mol. The van der Waals surface area contributed by atoms with Crippen molar-refractivity contribution < 1.29 is 9.47 Å². The van der Waals surface area contributed by atoms with Gasteiger partial charge in [-0.2, -0.15) is 0 Å². The second kappa shape index (κ2) is 8.17. The fourth-order valence-electron chi connectivity index (χ4n) is 4.77. The first-order valence-corrected chi connectivity index (χ1v) is 11.6. The van der Waals surface area contributed by atoms with E-state index in [-0.39, 0.29) is 5.41 Å². The number of nitrogens with zero attached hydrogens (tertiary/aromatic N) is 2. The number of rotatable bonds is 6. The van der Waals surface area contributed by atoms with E-state index in [2.05, 4.69) is 62.2 Å². The highest BCUT2D eigenvalue weighted by molar-refractivity contribution is 6.31. The Bertz CT molecular complexity index is 1100. The zero-order valence-corrected chi connectivity index (χ0v) is 19.7. The lowest BCUT2D eigenvalue weighted by atomic mass is 9.60. The number of ether oxygens (including phenoxy) is 2. The van der Waals surface area contributed by atoms with Crippen molar-refractivity contribution in [2.45, 2.75) is 51.6 Å². The molecule has 1 spiro atoms. The molecule has 5 rings (SSSR count). The van der Waals surface area contributed by atoms with Gasteiger partial charge in [-0.05, 0) is 43.0 Å². The zero-order chi connectivity index (χ0) is 22.3. The minimum Gasteiger partial charge on any atom is -0.487 e. The fourth-order valence-corrected chi connectivity index (χ4v) is 4.91. The van der Waals surface area contributed by atoms with Gasteiger partial charge in [0.25, 0.3) is 0 Å². The van der Waals surface area contributed by atoms with Gasteiger partial charge in [-0.25, -0.2) is 9.97 Å². The molecule has 5 heteroatoms. The number of hydrogen-bond acceptors (Lipinski definition) is 4. The number of benzene rings is 2. The first kappa shape index (κ1) is 21.4. The van der Waals surface area contributed by atoms with Gasteiger partial charge in [-0.1, -0.05) is 67.4 Å². The number of aromatic nitrogens is 2. The highest BCUT2D eigenvalue weighted by Crippen LogP contribution is 2.54. The third-order valence-corrected chi connectivity index (χ3v) is 7.42. The van der Waals surface area contributed by atoms with Gasteiger partial charge in [-0.3, -0.25) is 0 Å². The molecule has 0 atom stereocenters. The van der Waals surface area contributed by atoms with Crippen molar-refractivity contribution in [3.05, 3.63) is 88.0 Å². The topological polar surface area (TPSA) is 44.2 Å². The summed E-state index contributed by atoms with van der Waals surface area (Å²) in [5.41, 5.74) is 4.86. The Morgan fingerprint density at radius 2 is 1.66 bits per heavy atom. The van der Waals surface area contributed by atoms with Gasteiger partial charge in [0.15, 0.2) is 0 Å². The molecule has 32 heavy (non-hydrogen) atoms. The molecule has 0 unspecified atom stereocenters. The van der Waals surface area contributed by atoms with E-state index < -0.39 is 0 Å². The van der Waals surface area contributed by atoms with Crippen LogP contribution in [0.5, 0.6) is 5.75 Å². The van der Waals surface area contributed by atoms with E-state index >= 15 is 0 Å². The maximum absolute atomic E-state index is 6.36. The van der Waals surface area contributed by atoms with E-state index in [0.29, 0.717) is 23.0 Å². The number of aryl methyl sites for hydroxylation is 1. The molecule has 1 saturated carbocycles. The van der Waals surface area contributed by atoms with Crippen LogP contribution in [-0.2, 0) is 16.8 Å². The largest absolute Gasteiger partial charge is 0.487 e. The molecule has 0 amide bonds. The fraction of sp³-hybridized carbons (Fsp3) is 0.407. The first-order valence-electron chi connectivity index (χ1n) is 11.2. The van der Waals surface area contributed by atoms with E-state index in [1.165, 1.54) is 16.7 Å². The molecule has 2 aromatic carbocycles. The minimum absolute atomic E-state index is 0.0806. The first-order chi connectivity index (χ1) is 15.3. The van der Waals surface area contributed by atoms with Crippen LogP contribution in [-0.4, -0.2) is 23.2 Å². The summed E-state index contributed by atoms with van der Waals surface area (Å²) < 4.78 is 11.4. The molecule has 3 aromatic rings. The van der Waals surface area contributed by atoms with Crippen molar-refractivity contribution >= 4 is 11.6 Å². The summed E-state index contributed by atoms with van der Waals surface area (Å²) in [7, 11) is 0. The van der Waals surface area contributed by atoms with Crippen LogP contribution in [0.1, 0.15) is 60.8 Å². The molecule has 1 saturated heterocycles. The average molecular weight is 449 g/mol. The third-order valence-electron chi connectivity index (χ3n) is 7.10. The Balaban J connectivity index is 1.24. The van der Waals surface area contributed by atoms with Crippen molar-refractivity contribution in [3.63, 3.8) is 0 Å². The smallest absolute Gasteiger partial charge is 0.132 e. The highest BCUT2D eigenvalue weighted by Gasteiger charge is 2.51. The van der Waals surface area contributed by atoms with E-state index in [0.717, 1.165) is 43.3 Å². The number of hydrogen-bond donors (Lipinski definition) is 0. The van der Waals surface area contributed by atoms with Crippen LogP contribution in [0.3, 0.4) is 0 Å². The third kappa shape index (κ3) is 4.02. The van der Waals surface area contributed by atoms with Crippen molar-refractivity contribution in [3.8, 4) is 5.75 Å². The molecule has 2 fully saturated rings. The Kier molecular flexibility index (Phi) is 5.47. The summed E-state index contributed by atoms with van der Waals surface area (Å²) in [4.78, 5) is 9.20. The predicted octanol–water partition coefficient (Wildman–Crippen LogP) is 6.24. The standard InChI is InChI=1S/C27H29ClN2O2/c1-18-4-6-20(7-5-18)26(2,3)21-8-10-22(11-9-21)32-15-24-23(28)14-29-25(30-24)19-12-27(13-19)16-31-17-27/h4-11,14,19H,12-13,15-17H2,1-3H3. The maximum Gasteiger partial charge on any atom is 0.132 e. The van der Waals surface area contributed by atoms with Crippen molar-refractivity contribution in [1.29, 1.82) is 0 Å². The predicted molar refractivity (Wildman–Crippen MR) is 126 cm³/mol. The summed E-state index contributed by atoms with van der Waals surface area (Å²) in [6.07, 6.45) is 3.92. The summed E-state index contributed by atoms with van der Waals surface area (Å²) in [6, 6.07) is 17.1. The molecule has 1 aromatic heterocycles. The van der Waals surface area contributed by atoms with Crippen molar-refractivity contribution in [1.82, 2.24) is 9.97 Å². The van der Waals surface area contributed by atoms with Crippen LogP contribution >= 0.6 is 11.6 Å². The van der Waals surface area contributed by atoms with Crippen LogP contribution in [0.2, 0.25) is 5.02 Å². The summed E-state index contributed by atoms with van der Waals surface area (Å²) in [5.74, 6) is 2.08. The highest BCUT2D eigenvalue weighted by atomic mass is 35.5. The molecule has 0 bridgehead atoms. The van der Waals surface area contributed by atoms with Crippen molar-refractivity contribution in [2.75, 3.05) is 13.2 Å². The Morgan fingerprint density at radius 1 is 1.03 bits per heavy atom. The molecule has 4 nitrogen and oxygen atoms in total. The van der Waals surface area contributed by atoms with E-state index in [1.54, 1.807) is 6.20 Å². The van der Waals surface area contributed by atoms with Gasteiger partial charge in [0.05, 0.1) is 18.2 Å². The second-order valence-corrected chi connectivity index (χ2v) is 10.3. The Labute approximate surface area is 195 Å². The molecule has 1 aliphatic carbocycles. The van der Waals surface area contributed by atoms with E-state index in [1.807, 2.05) is 12.1 Å². The number of halogens is 1. The lowest BCUT2D eigenvalue weighted by Crippen LogP contribution is -2.51. The molecule has 1 aliphatic heterocycles. The quantitative estimate of drug-likeness (QED) is 0.447. The molecular formula is C27H29ClN2O2. The molecule has 0 radical (unpaired) electrons. The lowest BCUT2D eigenvalue weighted by molar-refractivity contribution is -0.165. The van der Waals surface area contributed by atoms with Gasteiger partial charge >= 0.3 is 0 Å². The minimum atomic E-state index is -0.0806. The van der Waals surface area contributed by atoms with Crippen LogP contribution < -0.4 is 4.74 Å². The molecule has 2 heterocycles. The second-order valence-electron chi connectivity index (χ2n) is 9.92. The molecule has 166 valence electrons. The van der Waals surface area contributed by atoms with E-state index in [4.69, 9.17) is 26.1 Å². The normalized spacial score (nSPS) is 17.6. The van der Waals surface area contributed by atoms with Crippen LogP contribution in [0.25, 0.3) is 0 Å². The lowest BCUT2D eigenvalue weighted by Gasteiger charge is -2.52. The van der Waals surface area contributed by atoms with Gasteiger partial charge in [0.2, 0.25) is 0 Å². The average Bonchev–Trinajstić information content (AvgIpc) is 2.72. The maximum atomic E-state index is 6.36. The Morgan fingerprint density at radius 3 is 2.25 bits per heavy atom. The monoisotopic (exact) mass is 448 g/mol. The zero-order valence-electron chi connectivity index (χ0n) is 18.9. The Hall–Kier alpha value is -2.43. The molecule has 0 N–H and O–H groups in total. The van der Waals surface area contributed by atoms with Crippen LogP contribution in [0.4, 0.5) is 0 Å². The summed E-state index contributed by atoms with van der Waals surface area (Å²) in [6.45, 7) is 8.69. The van der Waals surface area contributed by atoms with E-state index in [9.17, 15) is 0 Å².